The molecule has 2 N–H and O–H groups in total. The van der Waals surface area contributed by atoms with E-state index >= 15 is 0 Å². The molecule has 123 heavy (non-hydrogen) atoms. The number of nitriles is 1. The molecule has 0 bridgehead atoms. The molecule has 1 aromatic carbocycles. The Morgan fingerprint density at radius 1 is 0.537 bits per heavy atom. The Labute approximate surface area is 741 Å². The van der Waals surface area contributed by atoms with Gasteiger partial charge in [-0.1, -0.05) is 264 Å². The van der Waals surface area contributed by atoms with Crippen molar-refractivity contribution in [3.63, 3.8) is 0 Å². The number of pyridine rings is 1. The van der Waals surface area contributed by atoms with Crippen molar-refractivity contribution in [2.24, 2.45) is 34.5 Å². The van der Waals surface area contributed by atoms with Crippen LogP contribution in [0.5, 0.6) is 0 Å². The fraction of sp³-hybridized carbons (Fsp3) is 0.656. The van der Waals surface area contributed by atoms with Crippen molar-refractivity contribution in [2.75, 3.05) is 6.54 Å². The Bertz CT molecular complexity index is 3970. The summed E-state index contributed by atoms with van der Waals surface area (Å²) in [5, 5.41) is 44.0. The van der Waals surface area contributed by atoms with Gasteiger partial charge in [0.15, 0.2) is 58.2 Å². The number of benzene rings is 1. The maximum absolute atomic E-state index is 8.66. The maximum atomic E-state index is 8.66. The van der Waals surface area contributed by atoms with Crippen LogP contribution in [0.25, 0.3) is 22.3 Å². The summed E-state index contributed by atoms with van der Waals surface area (Å²) in [7, 11) is 0. The van der Waals surface area contributed by atoms with E-state index in [9.17, 15) is 0 Å². The number of terminal acetylenes is 2. The van der Waals surface area contributed by atoms with Gasteiger partial charge in [0.2, 0.25) is 36.4 Å². The second kappa shape index (κ2) is 65.4. The molecule has 0 spiro atoms. The highest BCUT2D eigenvalue weighted by Gasteiger charge is 2.41. The van der Waals surface area contributed by atoms with E-state index in [1.54, 1.807) is 32.5 Å². The van der Waals surface area contributed by atoms with Gasteiger partial charge < -0.3 is 36.0 Å². The van der Waals surface area contributed by atoms with Crippen molar-refractivity contribution in [2.45, 2.75) is 374 Å². The van der Waals surface area contributed by atoms with Gasteiger partial charge in [0.05, 0.1) is 6.20 Å². The first-order chi connectivity index (χ1) is 57.7. The number of nitrogens with one attached hydrogen (secondary N) is 2. The molecule has 2 aliphatic carbocycles. The van der Waals surface area contributed by atoms with Crippen LogP contribution in [0.2, 0.25) is 0 Å². The van der Waals surface area contributed by atoms with Gasteiger partial charge in [-0.25, -0.2) is 24.9 Å². The molecule has 1 atom stereocenters. The minimum atomic E-state index is 0. The first kappa shape index (κ1) is 117. The lowest BCUT2D eigenvalue weighted by molar-refractivity contribution is 0.291. The molecular weight excluding hydrogens is 1550 g/mol. The number of aryl methyl sites for hydroxylation is 3. The Kier molecular flexibility index (Phi) is 62.2. The number of nitrogens with zero attached hydrogens (tertiary/aromatic N) is 18. The molecule has 2 saturated carbocycles. The highest BCUT2D eigenvalue weighted by atomic mass is 16.5. The van der Waals surface area contributed by atoms with E-state index in [-0.39, 0.29) is 7.43 Å². The summed E-state index contributed by atoms with van der Waals surface area (Å²) in [6.07, 6.45) is 33.0. The molecule has 14 rings (SSSR count). The maximum Gasteiger partial charge on any atom is 0.223 e. The molecule has 3 aliphatic rings. The number of hydrogen-bond donors (Lipinski definition) is 2. The first-order valence-corrected chi connectivity index (χ1v) is 44.1. The molecule has 10 aromatic heterocycles. The predicted molar refractivity (Wildman–Crippen MR) is 499 cm³/mol. The topological polar surface area (TPSA) is 357 Å². The largest absolute Gasteiger partial charge is 0.449 e. The quantitative estimate of drug-likeness (QED) is 0.0711. The number of aromatic nitrogens is 18. The van der Waals surface area contributed by atoms with Crippen LogP contribution in [0.15, 0.2) is 105 Å². The van der Waals surface area contributed by atoms with Gasteiger partial charge >= 0.3 is 0 Å². The van der Waals surface area contributed by atoms with E-state index in [0.29, 0.717) is 99.8 Å². The zero-order chi connectivity index (χ0) is 93.3. The average Bonchev–Trinajstić information content (AvgIpc) is 1.68. The molecule has 11 heterocycles. The van der Waals surface area contributed by atoms with Crippen LogP contribution in [0, 0.1) is 91.4 Å². The van der Waals surface area contributed by atoms with Crippen LogP contribution >= 0.6 is 0 Å². The lowest BCUT2D eigenvalue weighted by Gasteiger charge is -2.21. The van der Waals surface area contributed by atoms with Crippen molar-refractivity contribution in [1.82, 2.24) is 95.9 Å². The standard InChI is InChI=1S/C10H11NO.C9H10N2O.C9H14.C8H14N2.C7H14.C7H12.C6H11N3.2C6H10N2O.C6H9NO.C5H9N3.2C5H8N2O.3C2H6.CH4/c1-7(2)10-11-8-5-3-4-6-9(8)12-10;1-6(2)9-11-8-7(12-9)4-3-5-10-8;1-4-9(5-6-9)7-8(2)3;1-7(2)8-4-3-5-10(8)6-9;1-6(2)7(3)4-5-7;1-4-5-6-7(2)3;1-4(2)6-7-5(3)8-9-6;1-4(2)6-8-7-5(3)9-6;1-4(2)6-7-5(3)9-8-6;1-5(2)6-7-3-4-8-6;1-4(2)5-6-3-7-8-5;1-4(2)5-7-6-3-8-5;1-4(2)5-6-3-8-7-5;3*1-2;/h3-7H,1-2H3;3-6H,1-2H3;1,8H,5-7H2,2-3H3;7-8H,3-5H2,1-2H3;6H,4-5H2,1-3H3;1,7H,5-6H2,2-3H3;4H,1-3H3,(H,7,8,9);2*4H,1-3H3;3-5H,1-2H3;3-4H,1-2H3,(H,6,7,8);2*3-4H,1-2H3;3*1-2H3;1H4. The monoisotopic (exact) mass is 1710 g/mol. The van der Waals surface area contributed by atoms with Gasteiger partial charge in [0.25, 0.3) is 0 Å². The van der Waals surface area contributed by atoms with Gasteiger partial charge in [-0.05, 0) is 112 Å². The molecule has 27 heteroatoms. The lowest BCUT2D eigenvalue weighted by atomic mass is 9.95. The number of likely N-dealkylation sites (tertiary alicyclic amines) is 1. The summed E-state index contributed by atoms with van der Waals surface area (Å²) < 4.78 is 35.2. The van der Waals surface area contributed by atoms with E-state index in [1.807, 2.05) is 173 Å². The first-order valence-electron chi connectivity index (χ1n) is 44.1. The highest BCUT2D eigenvalue weighted by Crippen LogP contribution is 2.51. The summed E-state index contributed by atoms with van der Waals surface area (Å²) >= 11 is 0. The van der Waals surface area contributed by atoms with E-state index in [2.05, 4.69) is 217 Å². The normalized spacial score (nSPS) is 13.0. The molecule has 27 nitrogen and oxygen atoms in total. The number of oxazole rings is 3. The average molecular weight is 1710 g/mol. The van der Waals surface area contributed by atoms with Crippen molar-refractivity contribution in [1.29, 1.82) is 5.26 Å². The molecule has 0 amide bonds. The lowest BCUT2D eigenvalue weighted by Crippen LogP contribution is -2.28. The number of H-pyrrole nitrogens is 2. The highest BCUT2D eigenvalue weighted by molar-refractivity contribution is 5.72. The molecule has 1 saturated heterocycles. The number of fused-ring (bicyclic) bond motifs is 2. The number of rotatable bonds is 15. The minimum Gasteiger partial charge on any atom is -0.449 e. The van der Waals surface area contributed by atoms with E-state index in [0.717, 1.165) is 106 Å². The molecule has 1 unspecified atom stereocenters. The third kappa shape index (κ3) is 50.8. The number of hydrogen-bond acceptors (Lipinski definition) is 25. The van der Waals surface area contributed by atoms with Crippen LogP contribution in [-0.2, 0) is 0 Å². The molecule has 1 aliphatic heterocycles. The second-order valence-corrected chi connectivity index (χ2v) is 33.4. The molecule has 0 radical (unpaired) electrons. The van der Waals surface area contributed by atoms with Crippen molar-refractivity contribution < 1.29 is 31.1 Å². The molecule has 3 fully saturated rings. The van der Waals surface area contributed by atoms with Crippen molar-refractivity contribution in [3.05, 3.63) is 145 Å². The van der Waals surface area contributed by atoms with Gasteiger partial charge in [-0.3, -0.25) is 10.2 Å². The van der Waals surface area contributed by atoms with Crippen LogP contribution in [0.4, 0.5) is 0 Å². The van der Waals surface area contributed by atoms with Crippen molar-refractivity contribution >= 4 is 22.3 Å². The zero-order valence-electron chi connectivity index (χ0n) is 81.6. The second-order valence-electron chi connectivity index (χ2n) is 33.4. The van der Waals surface area contributed by atoms with Gasteiger partial charge in [0.1, 0.15) is 29.8 Å². The summed E-state index contributed by atoms with van der Waals surface area (Å²) in [5.41, 5.74) is 4.37. The Morgan fingerprint density at radius 3 is 1.41 bits per heavy atom. The molecule has 11 aromatic rings. The van der Waals surface area contributed by atoms with Gasteiger partial charge in [-0.2, -0.15) is 30.4 Å². The fourth-order valence-electron chi connectivity index (χ4n) is 9.86. The van der Waals surface area contributed by atoms with E-state index in [4.69, 9.17) is 44.7 Å². The SMILES string of the molecule is C.C#CC1(CC(C)C)CC1.C#CCCC(C)C.CC.CC.CC.CC(C)C1(C)CC1.CC(C)C1CCCN1C#N.CC(C)c1nc2ccccc2o1.CC(C)c1nc2ncccc2o1.CC(C)c1ncco1.CC(C)c1ncn[nH]1.CC(C)c1ncon1.CC(C)c1nnco1.Cc1nc(C(C)C)n[nH]1.Cc1nc(C(C)C)no1.Cc1nnc(C(C)C)o1. The molecule has 688 valence electrons. The molecular formula is C96H162N20O7. The van der Waals surface area contributed by atoms with E-state index in [1.165, 1.54) is 64.1 Å². The Balaban J connectivity index is -0.00000126. The third-order valence-corrected chi connectivity index (χ3v) is 17.9. The minimum absolute atomic E-state index is 0. The smallest absolute Gasteiger partial charge is 0.223 e. The Hall–Kier alpha value is -10.2. The predicted octanol–water partition coefficient (Wildman–Crippen LogP) is 26.9. The fourth-order valence-corrected chi connectivity index (χ4v) is 9.86. The van der Waals surface area contributed by atoms with Crippen LogP contribution in [0.3, 0.4) is 0 Å². The van der Waals surface area contributed by atoms with Crippen molar-refractivity contribution in [3.8, 4) is 30.9 Å². The summed E-state index contributed by atoms with van der Waals surface area (Å²) in [6.45, 7) is 75.4. The van der Waals surface area contributed by atoms with Gasteiger partial charge in [0, 0.05) is 97.7 Å². The van der Waals surface area contributed by atoms with Crippen LogP contribution < -0.4 is 0 Å². The number of aromatic amines is 2. The zero-order valence-corrected chi connectivity index (χ0v) is 81.6. The summed E-state index contributed by atoms with van der Waals surface area (Å²) in [6, 6.07) is 12.1. The Morgan fingerprint density at radius 2 is 1.11 bits per heavy atom. The summed E-state index contributed by atoms with van der Waals surface area (Å²) in [5.74, 6) is 21.3. The van der Waals surface area contributed by atoms with Crippen LogP contribution in [0.1, 0.15) is 417 Å². The summed E-state index contributed by atoms with van der Waals surface area (Å²) in [4.78, 5) is 34.5. The van der Waals surface area contributed by atoms with Crippen LogP contribution in [-0.4, -0.2) is 108 Å². The van der Waals surface area contributed by atoms with E-state index < -0.39 is 0 Å². The van der Waals surface area contributed by atoms with Gasteiger partial charge in [-0.15, -0.1) is 39.2 Å². The third-order valence-electron chi connectivity index (χ3n) is 17.9. The number of para-hydroxylation sites is 2.